The van der Waals surface area contributed by atoms with Gasteiger partial charge >= 0.3 is 5.97 Å². The zero-order valence-electron chi connectivity index (χ0n) is 22.3. The molecule has 214 valence electrons. The molecular weight excluding hydrogens is 508 g/mol. The molecule has 1 heterocycles. The SMILES string of the molecule is CCC(C)C(NC(=O)C(Cc1c[nH]c2ccccc12)NC(=O)C(CCC(N)=O)NC(=O)C(N)C(C)O)C(=O)O. The Morgan fingerprint density at radius 2 is 1.59 bits per heavy atom. The number of hydrogen-bond donors (Lipinski definition) is 8. The summed E-state index contributed by atoms with van der Waals surface area (Å²) in [6.07, 6.45) is 0.523. The van der Waals surface area contributed by atoms with E-state index in [1.807, 2.05) is 24.3 Å². The molecule has 10 N–H and O–H groups in total. The number of nitrogens with one attached hydrogen (secondary N) is 4. The van der Waals surface area contributed by atoms with Gasteiger partial charge in [-0.05, 0) is 30.9 Å². The number of aliphatic hydroxyl groups excluding tert-OH is 1. The van der Waals surface area contributed by atoms with Crippen LogP contribution in [-0.4, -0.2) is 75.1 Å². The van der Waals surface area contributed by atoms with Crippen molar-refractivity contribution in [3.05, 3.63) is 36.0 Å². The van der Waals surface area contributed by atoms with Crippen molar-refractivity contribution in [1.29, 1.82) is 0 Å². The minimum atomic E-state index is -1.34. The third kappa shape index (κ3) is 8.79. The van der Waals surface area contributed by atoms with Crippen molar-refractivity contribution in [2.75, 3.05) is 0 Å². The van der Waals surface area contributed by atoms with Gasteiger partial charge in [-0.2, -0.15) is 0 Å². The van der Waals surface area contributed by atoms with Crippen LogP contribution in [0.4, 0.5) is 0 Å². The molecule has 0 saturated heterocycles. The van der Waals surface area contributed by atoms with E-state index >= 15 is 0 Å². The number of carboxylic acids is 1. The second-order valence-corrected chi connectivity index (χ2v) is 9.67. The number of aromatic amines is 1. The van der Waals surface area contributed by atoms with Gasteiger partial charge in [0, 0.05) is 29.9 Å². The van der Waals surface area contributed by atoms with E-state index in [9.17, 15) is 34.2 Å². The summed E-state index contributed by atoms with van der Waals surface area (Å²) in [6, 6.07) is 2.25. The van der Waals surface area contributed by atoms with Crippen molar-refractivity contribution in [2.24, 2.45) is 17.4 Å². The normalized spacial score (nSPS) is 15.8. The van der Waals surface area contributed by atoms with E-state index in [0.717, 1.165) is 10.9 Å². The van der Waals surface area contributed by atoms with Gasteiger partial charge in [-0.3, -0.25) is 19.2 Å². The number of hydrogen-bond acceptors (Lipinski definition) is 7. The lowest BCUT2D eigenvalue weighted by molar-refractivity contribution is -0.143. The number of para-hydroxylation sites is 1. The van der Waals surface area contributed by atoms with E-state index in [0.29, 0.717) is 12.0 Å². The van der Waals surface area contributed by atoms with Crippen molar-refractivity contribution in [3.63, 3.8) is 0 Å². The van der Waals surface area contributed by atoms with Crippen molar-refractivity contribution in [1.82, 2.24) is 20.9 Å². The van der Waals surface area contributed by atoms with Crippen LogP contribution in [0.5, 0.6) is 0 Å². The lowest BCUT2D eigenvalue weighted by atomic mass is 9.97. The van der Waals surface area contributed by atoms with E-state index < -0.39 is 59.9 Å². The highest BCUT2D eigenvalue weighted by Gasteiger charge is 2.33. The number of aliphatic carboxylic acids is 1. The number of fused-ring (bicyclic) bond motifs is 1. The van der Waals surface area contributed by atoms with Gasteiger partial charge in [0.05, 0.1) is 6.10 Å². The summed E-state index contributed by atoms with van der Waals surface area (Å²) in [4.78, 5) is 65.5. The number of aliphatic hydroxyl groups is 1. The molecule has 13 heteroatoms. The fraction of sp³-hybridized carbons (Fsp3) is 0.500. The molecule has 6 unspecified atom stereocenters. The molecule has 39 heavy (non-hydrogen) atoms. The van der Waals surface area contributed by atoms with E-state index in [1.165, 1.54) is 6.92 Å². The Kier molecular flexibility index (Phi) is 11.4. The first-order chi connectivity index (χ1) is 18.3. The van der Waals surface area contributed by atoms with Crippen LogP contribution in [-0.2, 0) is 30.4 Å². The maximum absolute atomic E-state index is 13.4. The number of carboxylic acid groups (broad SMARTS) is 1. The summed E-state index contributed by atoms with van der Waals surface area (Å²) in [5.41, 5.74) is 12.4. The zero-order valence-corrected chi connectivity index (χ0v) is 22.3. The average molecular weight is 547 g/mol. The predicted octanol–water partition coefficient (Wildman–Crippen LogP) is -0.731. The Hall–Kier alpha value is -3.97. The second-order valence-electron chi connectivity index (χ2n) is 9.67. The minimum absolute atomic E-state index is 0.00188. The standard InChI is InChI=1S/C26H38N6O7/c1-4-13(2)22(26(38)39)32-24(36)19(11-15-12-29-17-8-6-5-7-16(15)17)31-23(35)18(9-10-20(27)34)30-25(37)21(28)14(3)33/h5-8,12-14,18-19,21-22,29,33H,4,9-11,28H2,1-3H3,(H2,27,34)(H,30,37)(H,31,35)(H,32,36)(H,38,39). The number of amides is 4. The van der Waals surface area contributed by atoms with Crippen LogP contribution >= 0.6 is 0 Å². The smallest absolute Gasteiger partial charge is 0.326 e. The van der Waals surface area contributed by atoms with E-state index in [2.05, 4.69) is 20.9 Å². The van der Waals surface area contributed by atoms with E-state index in [1.54, 1.807) is 20.0 Å². The number of aromatic nitrogens is 1. The summed E-state index contributed by atoms with van der Waals surface area (Å²) < 4.78 is 0. The Balaban J connectivity index is 2.36. The average Bonchev–Trinajstić information content (AvgIpc) is 3.30. The fourth-order valence-corrected chi connectivity index (χ4v) is 3.98. The maximum atomic E-state index is 13.4. The maximum Gasteiger partial charge on any atom is 0.326 e. The quantitative estimate of drug-likeness (QED) is 0.142. The van der Waals surface area contributed by atoms with Crippen molar-refractivity contribution in [2.45, 2.75) is 76.7 Å². The number of primary amides is 1. The molecule has 1 aromatic heterocycles. The van der Waals surface area contributed by atoms with Crippen molar-refractivity contribution >= 4 is 40.5 Å². The molecule has 2 rings (SSSR count). The number of carbonyl (C=O) groups excluding carboxylic acids is 4. The van der Waals surface area contributed by atoms with Gasteiger partial charge < -0.3 is 42.6 Å². The molecule has 0 aliphatic rings. The molecule has 0 aliphatic heterocycles. The van der Waals surface area contributed by atoms with Crippen LogP contribution in [0.2, 0.25) is 0 Å². The number of carbonyl (C=O) groups is 5. The molecule has 0 saturated carbocycles. The van der Waals surface area contributed by atoms with Crippen LogP contribution in [0.25, 0.3) is 10.9 Å². The Labute approximate surface area is 226 Å². The molecule has 6 atom stereocenters. The third-order valence-corrected chi connectivity index (χ3v) is 6.64. The summed E-state index contributed by atoms with van der Waals surface area (Å²) >= 11 is 0. The fourth-order valence-electron chi connectivity index (χ4n) is 3.98. The zero-order chi connectivity index (χ0) is 29.3. The Morgan fingerprint density at radius 1 is 0.974 bits per heavy atom. The van der Waals surface area contributed by atoms with E-state index in [-0.39, 0.29) is 25.2 Å². The van der Waals surface area contributed by atoms with Crippen LogP contribution in [0, 0.1) is 5.92 Å². The first kappa shape index (κ1) is 31.2. The van der Waals surface area contributed by atoms with Crippen LogP contribution in [0.15, 0.2) is 30.5 Å². The topological polar surface area (TPSA) is 230 Å². The summed E-state index contributed by atoms with van der Waals surface area (Å²) in [7, 11) is 0. The largest absolute Gasteiger partial charge is 0.480 e. The third-order valence-electron chi connectivity index (χ3n) is 6.64. The number of H-pyrrole nitrogens is 1. The molecule has 0 aliphatic carbocycles. The molecular formula is C26H38N6O7. The Morgan fingerprint density at radius 3 is 2.18 bits per heavy atom. The minimum Gasteiger partial charge on any atom is -0.480 e. The second kappa shape index (κ2) is 14.3. The van der Waals surface area contributed by atoms with Gasteiger partial charge in [-0.15, -0.1) is 0 Å². The van der Waals surface area contributed by atoms with Crippen LogP contribution < -0.4 is 27.4 Å². The first-order valence-electron chi connectivity index (χ1n) is 12.8. The molecule has 0 bridgehead atoms. The number of benzene rings is 1. The van der Waals surface area contributed by atoms with Crippen LogP contribution in [0.3, 0.4) is 0 Å². The van der Waals surface area contributed by atoms with Gasteiger partial charge in [0.25, 0.3) is 0 Å². The summed E-state index contributed by atoms with van der Waals surface area (Å²) in [6.45, 7) is 4.79. The lowest BCUT2D eigenvalue weighted by Crippen LogP contribution is -2.59. The van der Waals surface area contributed by atoms with Gasteiger partial charge in [-0.25, -0.2) is 4.79 Å². The molecule has 2 aromatic rings. The van der Waals surface area contributed by atoms with Crippen molar-refractivity contribution in [3.8, 4) is 0 Å². The summed E-state index contributed by atoms with van der Waals surface area (Å²) in [5.74, 6) is -4.70. The number of nitrogens with two attached hydrogens (primary N) is 2. The highest BCUT2D eigenvalue weighted by atomic mass is 16.4. The van der Waals surface area contributed by atoms with Gasteiger partial charge in [0.1, 0.15) is 24.2 Å². The molecule has 0 spiro atoms. The molecule has 0 fully saturated rings. The molecule has 4 amide bonds. The highest BCUT2D eigenvalue weighted by Crippen LogP contribution is 2.20. The Bertz CT molecular complexity index is 1180. The van der Waals surface area contributed by atoms with Gasteiger partial charge in [0.2, 0.25) is 23.6 Å². The van der Waals surface area contributed by atoms with Crippen molar-refractivity contribution < 1.29 is 34.2 Å². The van der Waals surface area contributed by atoms with E-state index in [4.69, 9.17) is 11.5 Å². The number of rotatable bonds is 15. The highest BCUT2D eigenvalue weighted by molar-refractivity contribution is 5.95. The van der Waals surface area contributed by atoms with Crippen LogP contribution in [0.1, 0.15) is 45.6 Å². The monoisotopic (exact) mass is 546 g/mol. The summed E-state index contributed by atoms with van der Waals surface area (Å²) in [5, 5.41) is 27.6. The molecule has 13 nitrogen and oxygen atoms in total. The van der Waals surface area contributed by atoms with Gasteiger partial charge in [-0.1, -0.05) is 38.5 Å². The first-order valence-corrected chi connectivity index (χ1v) is 12.8. The lowest BCUT2D eigenvalue weighted by Gasteiger charge is -2.26. The molecule has 0 radical (unpaired) electrons. The predicted molar refractivity (Wildman–Crippen MR) is 143 cm³/mol. The van der Waals surface area contributed by atoms with Gasteiger partial charge in [0.15, 0.2) is 0 Å². The molecule has 1 aromatic carbocycles.